The van der Waals surface area contributed by atoms with Crippen molar-refractivity contribution < 1.29 is 0 Å². The van der Waals surface area contributed by atoms with Crippen LogP contribution in [-0.4, -0.2) is 30.5 Å². The van der Waals surface area contributed by atoms with Crippen LogP contribution >= 0.6 is 0 Å². The second-order valence-electron chi connectivity index (χ2n) is 4.96. The molecule has 1 aromatic carbocycles. The number of aromatic nitrogens is 1. The van der Waals surface area contributed by atoms with Gasteiger partial charge in [-0.05, 0) is 38.7 Å². The molecular weight excluding hydrogens is 232 g/mol. The van der Waals surface area contributed by atoms with Crippen LogP contribution in [0.2, 0.25) is 0 Å². The fourth-order valence-corrected chi connectivity index (χ4v) is 1.90. The second kappa shape index (κ2) is 6.30. The first-order chi connectivity index (χ1) is 9.16. The van der Waals surface area contributed by atoms with Gasteiger partial charge >= 0.3 is 0 Å². The minimum atomic E-state index is 0.903. The third-order valence-electron chi connectivity index (χ3n) is 2.96. The van der Waals surface area contributed by atoms with Gasteiger partial charge in [0.25, 0.3) is 0 Å². The fraction of sp³-hybridized carbons (Fsp3) is 0.235. The van der Waals surface area contributed by atoms with Gasteiger partial charge in [0.15, 0.2) is 0 Å². The molecule has 0 saturated carbocycles. The van der Waals surface area contributed by atoms with E-state index < -0.39 is 0 Å². The fourth-order valence-electron chi connectivity index (χ4n) is 1.90. The minimum Gasteiger partial charge on any atom is -0.306 e. The normalized spacial score (nSPS) is 11.9. The summed E-state index contributed by atoms with van der Waals surface area (Å²) in [5.41, 5.74) is 4.70. The molecule has 0 aliphatic rings. The van der Waals surface area contributed by atoms with Crippen molar-refractivity contribution >= 4 is 5.57 Å². The third kappa shape index (κ3) is 3.76. The predicted octanol–water partition coefficient (Wildman–Crippen LogP) is 3.38. The van der Waals surface area contributed by atoms with Crippen molar-refractivity contribution in [1.29, 1.82) is 0 Å². The zero-order chi connectivity index (χ0) is 13.7. The molecule has 0 spiro atoms. The molecule has 1 aromatic heterocycles. The lowest BCUT2D eigenvalue weighted by Crippen LogP contribution is -2.11. The number of hydrogen-bond acceptors (Lipinski definition) is 2. The van der Waals surface area contributed by atoms with Crippen molar-refractivity contribution in [3.05, 3.63) is 71.6 Å². The van der Waals surface area contributed by atoms with Crippen molar-refractivity contribution in [1.82, 2.24) is 9.88 Å². The van der Waals surface area contributed by atoms with Crippen molar-refractivity contribution in [3.63, 3.8) is 0 Å². The molecule has 98 valence electrons. The Morgan fingerprint density at radius 1 is 1.11 bits per heavy atom. The van der Waals surface area contributed by atoms with Crippen LogP contribution in [0.25, 0.3) is 5.57 Å². The summed E-state index contributed by atoms with van der Waals surface area (Å²) in [7, 11) is 4.14. The largest absolute Gasteiger partial charge is 0.306 e. The van der Waals surface area contributed by atoms with Crippen LogP contribution in [0.15, 0.2) is 54.7 Å². The molecule has 2 nitrogen and oxygen atoms in total. The van der Waals surface area contributed by atoms with Crippen LogP contribution in [0.5, 0.6) is 0 Å². The average Bonchev–Trinajstić information content (AvgIpc) is 2.42. The standard InChI is InChI=1S/C17H20N2/c1-14-7-9-15(10-8-14)16(11-13-19(2)3)17-6-4-5-12-18-17/h4-12H,13H2,1-3H3/b16-11-. The van der Waals surface area contributed by atoms with E-state index in [-0.39, 0.29) is 0 Å². The van der Waals surface area contributed by atoms with E-state index >= 15 is 0 Å². The third-order valence-corrected chi connectivity index (χ3v) is 2.96. The molecule has 19 heavy (non-hydrogen) atoms. The van der Waals surface area contributed by atoms with Gasteiger partial charge < -0.3 is 4.90 Å². The maximum Gasteiger partial charge on any atom is 0.0705 e. The summed E-state index contributed by atoms with van der Waals surface area (Å²) in [6.07, 6.45) is 4.07. The van der Waals surface area contributed by atoms with E-state index in [0.717, 1.165) is 12.2 Å². The number of likely N-dealkylation sites (N-methyl/N-ethyl adjacent to an activating group) is 1. The maximum absolute atomic E-state index is 4.47. The highest BCUT2D eigenvalue weighted by atomic mass is 15.0. The molecule has 0 amide bonds. The molecule has 0 aliphatic carbocycles. The molecule has 0 saturated heterocycles. The Labute approximate surface area is 115 Å². The number of rotatable bonds is 4. The Balaban J connectivity index is 2.40. The minimum absolute atomic E-state index is 0.903. The molecular formula is C17H20N2. The van der Waals surface area contributed by atoms with Crippen molar-refractivity contribution in [2.24, 2.45) is 0 Å². The van der Waals surface area contributed by atoms with Gasteiger partial charge in [-0.2, -0.15) is 0 Å². The second-order valence-corrected chi connectivity index (χ2v) is 4.96. The van der Waals surface area contributed by atoms with E-state index in [1.165, 1.54) is 16.7 Å². The van der Waals surface area contributed by atoms with Crippen LogP contribution < -0.4 is 0 Å². The van der Waals surface area contributed by atoms with Crippen molar-refractivity contribution in [2.75, 3.05) is 20.6 Å². The first-order valence-electron chi connectivity index (χ1n) is 6.50. The van der Waals surface area contributed by atoms with Crippen LogP contribution in [0.4, 0.5) is 0 Å². The van der Waals surface area contributed by atoms with E-state index in [4.69, 9.17) is 0 Å². The molecule has 2 heteroatoms. The summed E-state index contributed by atoms with van der Waals surface area (Å²) in [6.45, 7) is 3.01. The summed E-state index contributed by atoms with van der Waals surface area (Å²) < 4.78 is 0. The zero-order valence-electron chi connectivity index (χ0n) is 11.8. The molecule has 2 rings (SSSR count). The van der Waals surface area contributed by atoms with Crippen LogP contribution in [0.3, 0.4) is 0 Å². The number of nitrogens with zero attached hydrogens (tertiary/aromatic N) is 2. The first kappa shape index (κ1) is 13.5. The Hall–Kier alpha value is -1.93. The summed E-state index contributed by atoms with van der Waals surface area (Å²) >= 11 is 0. The molecule has 0 bridgehead atoms. The lowest BCUT2D eigenvalue weighted by molar-refractivity contribution is 0.457. The molecule has 1 heterocycles. The number of aryl methyl sites for hydroxylation is 1. The van der Waals surface area contributed by atoms with E-state index in [2.05, 4.69) is 67.3 Å². The maximum atomic E-state index is 4.47. The molecule has 0 N–H and O–H groups in total. The molecule has 0 radical (unpaired) electrons. The Bertz CT molecular complexity index is 539. The van der Waals surface area contributed by atoms with Gasteiger partial charge in [-0.15, -0.1) is 0 Å². The molecule has 0 fully saturated rings. The van der Waals surface area contributed by atoms with Gasteiger partial charge in [-0.1, -0.05) is 42.0 Å². The topological polar surface area (TPSA) is 16.1 Å². The van der Waals surface area contributed by atoms with Crippen LogP contribution in [0, 0.1) is 6.92 Å². The van der Waals surface area contributed by atoms with E-state index in [0.29, 0.717) is 0 Å². The van der Waals surface area contributed by atoms with E-state index in [1.807, 2.05) is 18.3 Å². The van der Waals surface area contributed by atoms with Crippen LogP contribution in [-0.2, 0) is 0 Å². The summed E-state index contributed by atoms with van der Waals surface area (Å²) in [5.74, 6) is 0. The highest BCUT2D eigenvalue weighted by Crippen LogP contribution is 2.21. The summed E-state index contributed by atoms with van der Waals surface area (Å²) in [6, 6.07) is 14.6. The van der Waals surface area contributed by atoms with Crippen molar-refractivity contribution in [2.45, 2.75) is 6.92 Å². The molecule has 0 atom stereocenters. The predicted molar refractivity (Wildman–Crippen MR) is 81.0 cm³/mol. The number of benzene rings is 1. The average molecular weight is 252 g/mol. The Morgan fingerprint density at radius 2 is 1.84 bits per heavy atom. The zero-order valence-corrected chi connectivity index (χ0v) is 11.8. The lowest BCUT2D eigenvalue weighted by Gasteiger charge is -2.11. The molecule has 0 unspecified atom stereocenters. The SMILES string of the molecule is Cc1ccc(/C(=C/CN(C)C)c2ccccn2)cc1. The Morgan fingerprint density at radius 3 is 2.42 bits per heavy atom. The van der Waals surface area contributed by atoms with Gasteiger partial charge in [0.2, 0.25) is 0 Å². The molecule has 2 aromatic rings. The quantitative estimate of drug-likeness (QED) is 0.829. The smallest absolute Gasteiger partial charge is 0.0705 e. The van der Waals surface area contributed by atoms with Gasteiger partial charge in [-0.3, -0.25) is 4.98 Å². The van der Waals surface area contributed by atoms with Gasteiger partial charge in [0.05, 0.1) is 5.69 Å². The van der Waals surface area contributed by atoms with Crippen LogP contribution in [0.1, 0.15) is 16.8 Å². The van der Waals surface area contributed by atoms with E-state index in [1.54, 1.807) is 0 Å². The van der Waals surface area contributed by atoms with E-state index in [9.17, 15) is 0 Å². The number of pyridine rings is 1. The highest BCUT2D eigenvalue weighted by molar-refractivity contribution is 5.78. The Kier molecular flexibility index (Phi) is 4.48. The first-order valence-corrected chi connectivity index (χ1v) is 6.50. The lowest BCUT2D eigenvalue weighted by atomic mass is 10.0. The summed E-state index contributed by atoms with van der Waals surface area (Å²) in [4.78, 5) is 6.62. The summed E-state index contributed by atoms with van der Waals surface area (Å²) in [5, 5.41) is 0. The molecule has 0 aliphatic heterocycles. The monoisotopic (exact) mass is 252 g/mol. The highest BCUT2D eigenvalue weighted by Gasteiger charge is 2.05. The van der Waals surface area contributed by atoms with Gasteiger partial charge in [-0.25, -0.2) is 0 Å². The van der Waals surface area contributed by atoms with Crippen molar-refractivity contribution in [3.8, 4) is 0 Å². The van der Waals surface area contributed by atoms with Gasteiger partial charge in [0.1, 0.15) is 0 Å². The van der Waals surface area contributed by atoms with Gasteiger partial charge in [0, 0.05) is 18.3 Å². The number of hydrogen-bond donors (Lipinski definition) is 0.